The van der Waals surface area contributed by atoms with Crippen molar-refractivity contribution in [1.82, 2.24) is 0 Å². The van der Waals surface area contributed by atoms with Gasteiger partial charge in [-0.25, -0.2) is 43.9 Å². The fraction of sp³-hybridized carbons (Fsp3) is 0.298. The summed E-state index contributed by atoms with van der Waals surface area (Å²) in [6.07, 6.45) is -42.3. The first kappa shape index (κ1) is 125. The Kier molecular flexibility index (Phi) is 47.0. The number of aryl methyl sites for hydroxylation is 12. The number of hydrogen-bond acceptors (Lipinski definition) is 3. The van der Waals surface area contributed by atoms with E-state index in [9.17, 15) is 181 Å². The Balaban J connectivity index is 0.000000767. The van der Waals surface area contributed by atoms with E-state index in [1.54, 1.807) is 72.7 Å². The van der Waals surface area contributed by atoms with Crippen LogP contribution in [-0.2, 0) is 55.6 Å². The Morgan fingerprint density at radius 3 is 0.978 bits per heavy atom. The van der Waals surface area contributed by atoms with E-state index in [1.165, 1.54) is 73.5 Å². The van der Waals surface area contributed by atoms with Gasteiger partial charge in [-0.2, -0.15) is 127 Å². The molecule has 11 aromatic rings. The van der Waals surface area contributed by atoms with E-state index in [-0.39, 0.29) is 41.0 Å². The van der Waals surface area contributed by atoms with Gasteiger partial charge in [0.1, 0.15) is 22.2 Å². The van der Waals surface area contributed by atoms with E-state index < -0.39 is 197 Å². The molecule has 0 amide bonds. The molecule has 0 aliphatic rings. The summed E-state index contributed by atoms with van der Waals surface area (Å²) in [5.74, 6) is -24.2. The minimum Gasteiger partial charge on any atom is -0.493 e. The smallest absolute Gasteiger partial charge is 0.458 e. The van der Waals surface area contributed by atoms with Gasteiger partial charge in [0, 0.05) is 23.1 Å². The number of alkyl halides is 29. The number of ether oxygens (including phenoxy) is 1. The topological polar surface area (TPSA) is 52.4 Å². The molecule has 0 heterocycles. The molecule has 0 N–H and O–H groups in total. The molecule has 0 saturated carbocycles. The summed E-state index contributed by atoms with van der Waals surface area (Å²) in [6, 6.07) is 38.7. The highest BCUT2D eigenvalue weighted by atomic mass is 35.5. The van der Waals surface area contributed by atoms with E-state index in [0.29, 0.717) is 46.9 Å². The molecule has 4 nitrogen and oxygen atoms in total. The first-order valence-electron chi connectivity index (χ1n) is 38.8. The van der Waals surface area contributed by atoms with E-state index in [1.807, 2.05) is 26.0 Å². The first-order chi connectivity index (χ1) is 63.0. The molecule has 0 unspecified atom stereocenters. The molecule has 0 atom stereocenters. The lowest BCUT2D eigenvalue weighted by Gasteiger charge is -2.19. The van der Waals surface area contributed by atoms with Gasteiger partial charge in [-0.1, -0.05) is 160 Å². The first-order valence-corrected chi connectivity index (χ1v) is 39.6. The summed E-state index contributed by atoms with van der Waals surface area (Å²) in [6.45, 7) is 24.0. The third-order valence-electron chi connectivity index (χ3n) is 18.2. The minimum atomic E-state index is -5.54. The number of nitrogens with zero attached hydrogens (tertiary/aromatic N) is 1. The number of hydrogen-bond donors (Lipinski definition) is 0. The van der Waals surface area contributed by atoms with Crippen LogP contribution in [0.25, 0.3) is 0 Å². The summed E-state index contributed by atoms with van der Waals surface area (Å²) in [5.41, 5.74) is -1.47. The molecule has 0 saturated heterocycles. The summed E-state index contributed by atoms with van der Waals surface area (Å²) < 4.78 is 481. The van der Waals surface area contributed by atoms with Gasteiger partial charge in [0.2, 0.25) is 5.82 Å². The number of benzene rings is 11. The van der Waals surface area contributed by atoms with Gasteiger partial charge in [-0.15, -0.1) is 0 Å². The number of nitro groups is 1. The second kappa shape index (κ2) is 52.1. The molecule has 0 spiro atoms. The maximum atomic E-state index is 12.9. The quantitative estimate of drug-likeness (QED) is 0.0548. The van der Waals surface area contributed by atoms with Crippen LogP contribution in [-0.4, -0.2) is 23.9 Å². The molecule has 139 heavy (non-hydrogen) atoms. The van der Waals surface area contributed by atoms with Crippen LogP contribution in [0.1, 0.15) is 141 Å². The Hall–Kier alpha value is -11.5. The molecular formula is C94H80Cl2F39NO3. The van der Waals surface area contributed by atoms with Crippen LogP contribution in [0.2, 0.25) is 10.0 Å². The van der Waals surface area contributed by atoms with Crippen molar-refractivity contribution in [3.63, 3.8) is 0 Å². The fourth-order valence-corrected chi connectivity index (χ4v) is 10.7. The molecule has 0 radical (unpaired) electrons. The van der Waals surface area contributed by atoms with Gasteiger partial charge < -0.3 is 4.74 Å². The predicted octanol–water partition coefficient (Wildman–Crippen LogP) is 36.2. The highest BCUT2D eigenvalue weighted by Crippen LogP contribution is 2.46. The van der Waals surface area contributed by atoms with Crippen LogP contribution >= 0.6 is 23.2 Å². The molecular weight excluding hydrogens is 2000 g/mol. The van der Waals surface area contributed by atoms with Gasteiger partial charge in [0.15, 0.2) is 51.6 Å². The van der Waals surface area contributed by atoms with Crippen molar-refractivity contribution in [2.75, 3.05) is 6.61 Å². The Labute approximate surface area is 779 Å². The SMILES string of the molecule is CCOc1ccc(C)cc1C(F)(F)F.Cc1c(F)c(F)c(C(F)(F)F)c(F)c1F.Cc1c(F)c(F)c(F)c(F)c1F.Cc1cc(C(F)(F)F)cc(C(F)(F)F)c1.Cc1cc(C(F)(F)F)cc(C)c1C.Cc1cc(F)c(Cl)c([N+](=O)[O-])c1Cl.Cc1ccc(C(F)(F)C(F)(F)F)cc1.Cc1ccc(C(F)(F)F)cc1.Cc1ccc(CCC(F)(F)F)cc1.Cc1cccc(C(F)(F)F)c1.Cc1ccccc1C. The zero-order valence-electron chi connectivity index (χ0n) is 74.5. The van der Waals surface area contributed by atoms with Gasteiger partial charge in [0.05, 0.1) is 44.9 Å². The Morgan fingerprint density at radius 2 is 0.647 bits per heavy atom. The second-order valence-electron chi connectivity index (χ2n) is 29.5. The monoisotopic (exact) mass is 2080 g/mol. The number of nitro benzene ring substituents is 1. The predicted molar refractivity (Wildman–Crippen MR) is 444 cm³/mol. The van der Waals surface area contributed by atoms with Crippen molar-refractivity contribution in [3.05, 3.63) is 382 Å². The lowest BCUT2D eigenvalue weighted by Crippen LogP contribution is -2.33. The average molecular weight is 2080 g/mol. The largest absolute Gasteiger partial charge is 0.493 e. The average Bonchev–Trinajstić information content (AvgIpc) is 0.775. The summed E-state index contributed by atoms with van der Waals surface area (Å²) in [5, 5.41) is 9.73. The molecule has 0 aliphatic carbocycles. The molecule has 11 rings (SSSR count). The lowest BCUT2D eigenvalue weighted by atomic mass is 10.0. The highest BCUT2D eigenvalue weighted by molar-refractivity contribution is 6.38. The van der Waals surface area contributed by atoms with Crippen molar-refractivity contribution in [1.29, 1.82) is 0 Å². The minimum absolute atomic E-state index is 0.0721. The Morgan fingerprint density at radius 1 is 0.302 bits per heavy atom. The summed E-state index contributed by atoms with van der Waals surface area (Å²) >= 11 is 10.9. The zero-order chi connectivity index (χ0) is 108. The van der Waals surface area contributed by atoms with Crippen LogP contribution in [0.4, 0.5) is 177 Å². The van der Waals surface area contributed by atoms with E-state index in [2.05, 4.69) is 38.1 Å². The van der Waals surface area contributed by atoms with Crippen LogP contribution in [0.5, 0.6) is 5.75 Å². The molecule has 11 aromatic carbocycles. The summed E-state index contributed by atoms with van der Waals surface area (Å²) in [7, 11) is 0. The lowest BCUT2D eigenvalue weighted by molar-refractivity contribution is -0.384. The molecule has 0 aromatic heterocycles. The molecule has 0 aliphatic heterocycles. The van der Waals surface area contributed by atoms with Crippen molar-refractivity contribution in [3.8, 4) is 5.75 Å². The van der Waals surface area contributed by atoms with Crippen molar-refractivity contribution in [2.24, 2.45) is 0 Å². The molecule has 766 valence electrons. The van der Waals surface area contributed by atoms with Gasteiger partial charge in [-0.3, -0.25) is 10.1 Å². The molecule has 45 heteroatoms. The van der Waals surface area contributed by atoms with Gasteiger partial charge >= 0.3 is 67.2 Å². The maximum absolute atomic E-state index is 12.9. The highest BCUT2D eigenvalue weighted by Gasteiger charge is 2.58. The fourth-order valence-electron chi connectivity index (χ4n) is 10.2. The normalized spacial score (nSPS) is 11.6. The number of rotatable bonds is 6. The maximum Gasteiger partial charge on any atom is 0.458 e. The molecule has 0 bridgehead atoms. The van der Waals surface area contributed by atoms with Crippen LogP contribution < -0.4 is 4.74 Å². The zero-order valence-corrected chi connectivity index (χ0v) is 76.0. The van der Waals surface area contributed by atoms with Gasteiger partial charge in [0.25, 0.3) is 0 Å². The molecule has 0 fully saturated rings. The van der Waals surface area contributed by atoms with Crippen LogP contribution in [0.15, 0.2) is 176 Å². The van der Waals surface area contributed by atoms with E-state index >= 15 is 0 Å². The number of halogens is 41. The Bertz CT molecular complexity index is 5570. The van der Waals surface area contributed by atoms with Crippen molar-refractivity contribution < 1.29 is 181 Å². The standard InChI is InChI=1S/C10H11F3O.2C10H11F3.C9H6F6.C9H7F5.C8H3F7.2C8H7F3.C8H10.C7H4Cl2FNO2.C7H3F5/c1-3-14-9-5-4-7(2)6-8(9)10(11,12)13;1-6-4-9(10(11,12)13)5-7(2)8(6)3;1-8-2-4-9(5-3-8)6-7-10(11,12)13;1-5-2-6(8(10,11)12)4-7(3-5)9(13,14)15;1-6-2-4-7(5-3-6)8(10,11)9(12,13)14;1-2-4(9)6(11)3(8(13,14)15)7(12)5(2)10;1-6-2-4-7(5-3-6)8(9,10)11;1-6-3-2-4-7(5-6)8(9,10)11;1-7-5-3-4-6-8(7)2;1-3-2-4(10)6(9)7(5(3)8)11(12)13;1-2-3(8)5(10)7(12)6(11)4(2)9/h4-6H,3H2,1-2H3;4-5H,1-3H3;2-5H,6-7H2,1H3;2-4H,1H3;2-5H,1H3;1H3;2*2-5H,1H3;3-6H,1-2H3;2H,1H3;1H3. The van der Waals surface area contributed by atoms with Crippen molar-refractivity contribution >= 4 is 28.9 Å². The van der Waals surface area contributed by atoms with Crippen molar-refractivity contribution in [2.45, 2.75) is 178 Å². The van der Waals surface area contributed by atoms with E-state index in [0.717, 1.165) is 77.7 Å². The second-order valence-corrected chi connectivity index (χ2v) is 30.2. The van der Waals surface area contributed by atoms with E-state index in [4.69, 9.17) is 27.9 Å². The summed E-state index contributed by atoms with van der Waals surface area (Å²) in [4.78, 5) is 9.61. The van der Waals surface area contributed by atoms with Crippen LogP contribution in [0.3, 0.4) is 0 Å². The third-order valence-corrected chi connectivity index (χ3v) is 19.0. The third kappa shape index (κ3) is 41.1. The van der Waals surface area contributed by atoms with Gasteiger partial charge in [-0.05, 0) is 222 Å². The van der Waals surface area contributed by atoms with Crippen LogP contribution in [0, 0.1) is 165 Å².